The lowest BCUT2D eigenvalue weighted by molar-refractivity contribution is 0.0951. The number of rotatable bonds is 8. The van der Waals surface area contributed by atoms with Gasteiger partial charge in [0, 0.05) is 24.3 Å². The van der Waals surface area contributed by atoms with Gasteiger partial charge in [-0.25, -0.2) is 8.42 Å². The van der Waals surface area contributed by atoms with Crippen molar-refractivity contribution in [2.75, 3.05) is 17.8 Å². The van der Waals surface area contributed by atoms with Crippen LogP contribution in [0, 0.1) is 0 Å². The van der Waals surface area contributed by atoms with Gasteiger partial charge in [-0.3, -0.25) is 14.4 Å². The maximum Gasteiger partial charge on any atom is 0.261 e. The molecule has 7 heteroatoms. The van der Waals surface area contributed by atoms with Crippen LogP contribution in [0.25, 0.3) is 0 Å². The molecule has 1 amide bonds. The molecule has 2 N–H and O–H groups in total. The SMILES string of the molecule is O=C(NCc1ccccc1CN1CCCC1)c1ccc(NS(=O)(=O)c2ccccc2)cc1. The molecule has 0 aliphatic carbocycles. The fourth-order valence-corrected chi connectivity index (χ4v) is 4.93. The number of nitrogens with one attached hydrogen (secondary N) is 2. The van der Waals surface area contributed by atoms with E-state index in [2.05, 4.69) is 21.0 Å². The predicted molar refractivity (Wildman–Crippen MR) is 126 cm³/mol. The Morgan fingerprint density at radius 3 is 2.12 bits per heavy atom. The summed E-state index contributed by atoms with van der Waals surface area (Å²) in [5.74, 6) is -0.196. The normalized spacial score (nSPS) is 14.2. The molecule has 0 spiro atoms. The number of anilines is 1. The van der Waals surface area contributed by atoms with E-state index in [4.69, 9.17) is 0 Å². The summed E-state index contributed by atoms with van der Waals surface area (Å²) in [6.07, 6.45) is 2.49. The van der Waals surface area contributed by atoms with Crippen LogP contribution in [0.15, 0.2) is 83.8 Å². The Bertz CT molecular complexity index is 1160. The van der Waals surface area contributed by atoms with Crippen LogP contribution in [0.3, 0.4) is 0 Å². The van der Waals surface area contributed by atoms with Gasteiger partial charge >= 0.3 is 0 Å². The summed E-state index contributed by atoms with van der Waals surface area (Å²) < 4.78 is 27.4. The first kappa shape index (κ1) is 22.0. The van der Waals surface area contributed by atoms with E-state index in [1.165, 1.54) is 30.5 Å². The minimum absolute atomic E-state index is 0.189. The highest BCUT2D eigenvalue weighted by atomic mass is 32.2. The molecular formula is C25H27N3O3S. The molecule has 0 radical (unpaired) electrons. The standard InChI is InChI=1S/C25H27N3O3S/c29-25(26-18-21-8-4-5-9-22(21)19-28-16-6-7-17-28)20-12-14-23(15-13-20)27-32(30,31)24-10-2-1-3-11-24/h1-5,8-15,27H,6-7,16-19H2,(H,26,29). The summed E-state index contributed by atoms with van der Waals surface area (Å²) in [6.45, 7) is 3.61. The Hall–Kier alpha value is -3.16. The molecule has 1 aliphatic heterocycles. The lowest BCUT2D eigenvalue weighted by Gasteiger charge is -2.17. The van der Waals surface area contributed by atoms with Crippen LogP contribution >= 0.6 is 0 Å². The summed E-state index contributed by atoms with van der Waals surface area (Å²) in [7, 11) is -3.66. The number of nitrogens with zero attached hydrogens (tertiary/aromatic N) is 1. The molecule has 1 heterocycles. The quantitative estimate of drug-likeness (QED) is 0.545. The van der Waals surface area contributed by atoms with Crippen molar-refractivity contribution in [2.45, 2.75) is 30.8 Å². The van der Waals surface area contributed by atoms with Crippen molar-refractivity contribution in [1.29, 1.82) is 0 Å². The first-order valence-electron chi connectivity index (χ1n) is 10.8. The Kier molecular flexibility index (Phi) is 6.87. The molecule has 0 aromatic heterocycles. The van der Waals surface area contributed by atoms with Gasteiger partial charge in [0.2, 0.25) is 0 Å². The molecule has 1 saturated heterocycles. The van der Waals surface area contributed by atoms with Crippen LogP contribution in [0.5, 0.6) is 0 Å². The third-order valence-corrected chi connectivity index (χ3v) is 7.00. The van der Waals surface area contributed by atoms with Crippen LogP contribution in [0.4, 0.5) is 5.69 Å². The van der Waals surface area contributed by atoms with Crippen molar-refractivity contribution in [2.24, 2.45) is 0 Å². The Morgan fingerprint density at radius 1 is 0.812 bits per heavy atom. The van der Waals surface area contributed by atoms with Crippen molar-refractivity contribution in [3.8, 4) is 0 Å². The zero-order chi connectivity index (χ0) is 22.4. The van der Waals surface area contributed by atoms with Gasteiger partial charge in [0.05, 0.1) is 4.90 Å². The highest BCUT2D eigenvalue weighted by Crippen LogP contribution is 2.18. The van der Waals surface area contributed by atoms with E-state index >= 15 is 0 Å². The number of carbonyl (C=O) groups excluding carboxylic acids is 1. The number of hydrogen-bond donors (Lipinski definition) is 2. The molecule has 3 aromatic carbocycles. The smallest absolute Gasteiger partial charge is 0.261 e. The number of hydrogen-bond acceptors (Lipinski definition) is 4. The molecule has 1 fully saturated rings. The lowest BCUT2D eigenvalue weighted by atomic mass is 10.1. The van der Waals surface area contributed by atoms with Crippen LogP contribution in [-0.4, -0.2) is 32.3 Å². The summed E-state index contributed by atoms with van der Waals surface area (Å²) >= 11 is 0. The number of carbonyl (C=O) groups is 1. The summed E-state index contributed by atoms with van der Waals surface area (Å²) in [5.41, 5.74) is 3.23. The van der Waals surface area contributed by atoms with Crippen molar-refractivity contribution in [1.82, 2.24) is 10.2 Å². The van der Waals surface area contributed by atoms with Crippen LogP contribution in [0.1, 0.15) is 34.3 Å². The van der Waals surface area contributed by atoms with Gasteiger partial charge in [-0.05, 0) is 73.5 Å². The van der Waals surface area contributed by atoms with E-state index < -0.39 is 10.0 Å². The number of sulfonamides is 1. The largest absolute Gasteiger partial charge is 0.348 e. The predicted octanol–water partition coefficient (Wildman–Crippen LogP) is 4.01. The van der Waals surface area contributed by atoms with Gasteiger partial charge in [-0.15, -0.1) is 0 Å². The molecule has 3 aromatic rings. The average Bonchev–Trinajstić information content (AvgIpc) is 3.32. The van der Waals surface area contributed by atoms with Gasteiger partial charge in [0.1, 0.15) is 0 Å². The Balaban J connectivity index is 1.37. The second-order valence-corrected chi connectivity index (χ2v) is 9.61. The first-order valence-corrected chi connectivity index (χ1v) is 12.2. The zero-order valence-electron chi connectivity index (χ0n) is 17.8. The molecule has 0 atom stereocenters. The molecule has 166 valence electrons. The minimum Gasteiger partial charge on any atom is -0.348 e. The highest BCUT2D eigenvalue weighted by Gasteiger charge is 2.15. The average molecular weight is 450 g/mol. The maximum atomic E-state index is 12.6. The molecule has 6 nitrogen and oxygen atoms in total. The molecular weight excluding hydrogens is 422 g/mol. The molecule has 32 heavy (non-hydrogen) atoms. The van der Waals surface area contributed by atoms with Crippen LogP contribution < -0.4 is 10.0 Å². The number of likely N-dealkylation sites (tertiary alicyclic amines) is 1. The van der Waals surface area contributed by atoms with Crippen LogP contribution in [-0.2, 0) is 23.1 Å². The zero-order valence-corrected chi connectivity index (χ0v) is 18.6. The van der Waals surface area contributed by atoms with Gasteiger partial charge in [-0.2, -0.15) is 0 Å². The van der Waals surface area contributed by atoms with E-state index in [1.807, 2.05) is 18.2 Å². The number of amides is 1. The highest BCUT2D eigenvalue weighted by molar-refractivity contribution is 7.92. The van der Waals surface area contributed by atoms with Crippen LogP contribution in [0.2, 0.25) is 0 Å². The van der Waals surface area contributed by atoms with Gasteiger partial charge in [0.25, 0.3) is 15.9 Å². The maximum absolute atomic E-state index is 12.6. The van der Waals surface area contributed by atoms with Gasteiger partial charge < -0.3 is 5.32 Å². The van der Waals surface area contributed by atoms with Crippen molar-refractivity contribution >= 4 is 21.6 Å². The molecule has 4 rings (SSSR count). The molecule has 0 unspecified atom stereocenters. The van der Waals surface area contributed by atoms with Crippen molar-refractivity contribution in [3.63, 3.8) is 0 Å². The van der Waals surface area contributed by atoms with Crippen molar-refractivity contribution < 1.29 is 13.2 Å². The van der Waals surface area contributed by atoms with E-state index in [9.17, 15) is 13.2 Å². The second kappa shape index (κ2) is 9.97. The fraction of sp³-hybridized carbons (Fsp3) is 0.240. The third kappa shape index (κ3) is 5.55. The van der Waals surface area contributed by atoms with Gasteiger partial charge in [-0.1, -0.05) is 42.5 Å². The molecule has 1 aliphatic rings. The van der Waals surface area contributed by atoms with Gasteiger partial charge in [0.15, 0.2) is 0 Å². The monoisotopic (exact) mass is 449 g/mol. The first-order chi connectivity index (χ1) is 15.5. The van der Waals surface area contributed by atoms with E-state index in [0.29, 0.717) is 17.8 Å². The lowest BCUT2D eigenvalue weighted by Crippen LogP contribution is -2.25. The summed E-state index contributed by atoms with van der Waals surface area (Å²) in [6, 6.07) is 22.8. The Labute approximate surface area is 189 Å². The summed E-state index contributed by atoms with van der Waals surface area (Å²) in [4.78, 5) is 15.3. The fourth-order valence-electron chi connectivity index (χ4n) is 3.85. The molecule has 0 saturated carbocycles. The summed E-state index contributed by atoms with van der Waals surface area (Å²) in [5, 5.41) is 2.98. The Morgan fingerprint density at radius 2 is 1.44 bits per heavy atom. The number of benzene rings is 3. The third-order valence-electron chi connectivity index (χ3n) is 5.60. The minimum atomic E-state index is -3.66. The topological polar surface area (TPSA) is 78.5 Å². The van der Waals surface area contributed by atoms with Crippen molar-refractivity contribution in [3.05, 3.63) is 95.6 Å². The van der Waals surface area contributed by atoms with E-state index in [-0.39, 0.29) is 10.8 Å². The molecule has 0 bridgehead atoms. The van der Waals surface area contributed by atoms with E-state index in [0.717, 1.165) is 25.2 Å². The second-order valence-electron chi connectivity index (χ2n) is 7.93. The van der Waals surface area contributed by atoms with E-state index in [1.54, 1.807) is 42.5 Å².